The Kier molecular flexibility index (Phi) is 3.78. The first-order valence-corrected chi connectivity index (χ1v) is 6.92. The minimum Gasteiger partial charge on any atom is -0.489 e. The molecule has 0 spiro atoms. The molecular weight excluding hydrogens is 282 g/mol. The lowest BCUT2D eigenvalue weighted by molar-refractivity contribution is -0.118. The number of carbonyl (C=O) groups is 2. The fourth-order valence-electron chi connectivity index (χ4n) is 2.26. The summed E-state index contributed by atoms with van der Waals surface area (Å²) in [6, 6.07) is 13.0. The molecule has 0 radical (unpaired) electrons. The summed E-state index contributed by atoms with van der Waals surface area (Å²) >= 11 is 0. The second-order valence-corrected chi connectivity index (χ2v) is 5.01. The Hall–Kier alpha value is -2.82. The topological polar surface area (TPSA) is 64.6 Å². The van der Waals surface area contributed by atoms with Gasteiger partial charge in [-0.1, -0.05) is 30.3 Å². The highest BCUT2D eigenvalue weighted by Gasteiger charge is 2.22. The van der Waals surface area contributed by atoms with Gasteiger partial charge in [0, 0.05) is 6.07 Å². The van der Waals surface area contributed by atoms with Crippen LogP contribution in [0.1, 0.15) is 22.8 Å². The minimum absolute atomic E-state index is 0.0858. The van der Waals surface area contributed by atoms with Crippen molar-refractivity contribution in [3.05, 3.63) is 53.6 Å². The monoisotopic (exact) mass is 297 g/mol. The van der Waals surface area contributed by atoms with E-state index in [2.05, 4.69) is 5.32 Å². The molecule has 0 fully saturated rings. The first-order chi connectivity index (χ1) is 10.6. The Morgan fingerprint density at radius 3 is 2.77 bits per heavy atom. The van der Waals surface area contributed by atoms with Crippen LogP contribution < -0.4 is 14.8 Å². The fraction of sp³-hybridized carbons (Fsp3) is 0.176. The number of benzene rings is 2. The third-order valence-corrected chi connectivity index (χ3v) is 3.31. The first-order valence-electron chi connectivity index (χ1n) is 6.92. The maximum Gasteiger partial charge on any atom is 0.262 e. The summed E-state index contributed by atoms with van der Waals surface area (Å²) in [5.74, 6) is 0.525. The van der Waals surface area contributed by atoms with E-state index in [1.165, 1.54) is 6.92 Å². The Balaban J connectivity index is 1.88. The van der Waals surface area contributed by atoms with Gasteiger partial charge in [-0.05, 0) is 18.6 Å². The normalized spacial score (nSPS) is 12.9. The maximum absolute atomic E-state index is 11.8. The van der Waals surface area contributed by atoms with E-state index in [9.17, 15) is 9.59 Å². The van der Waals surface area contributed by atoms with E-state index < -0.39 is 0 Å². The van der Waals surface area contributed by atoms with Crippen molar-refractivity contribution in [2.45, 2.75) is 13.5 Å². The molecule has 2 aromatic carbocycles. The van der Waals surface area contributed by atoms with Gasteiger partial charge in [-0.3, -0.25) is 9.59 Å². The third-order valence-electron chi connectivity index (χ3n) is 3.31. The summed E-state index contributed by atoms with van der Waals surface area (Å²) in [6.07, 6.45) is 0. The van der Waals surface area contributed by atoms with Crippen molar-refractivity contribution in [3.8, 4) is 11.5 Å². The van der Waals surface area contributed by atoms with Crippen LogP contribution in [-0.4, -0.2) is 18.3 Å². The molecular formula is C17H15NO4. The van der Waals surface area contributed by atoms with Crippen LogP contribution in [0.15, 0.2) is 42.5 Å². The van der Waals surface area contributed by atoms with Gasteiger partial charge in [-0.25, -0.2) is 0 Å². The number of rotatable bonds is 4. The lowest BCUT2D eigenvalue weighted by Gasteiger charge is -2.21. The molecule has 2 aromatic rings. The van der Waals surface area contributed by atoms with E-state index in [0.717, 1.165) is 5.56 Å². The number of carbonyl (C=O) groups excluding carboxylic acids is 2. The molecule has 1 heterocycles. The van der Waals surface area contributed by atoms with Crippen LogP contribution in [0.5, 0.6) is 11.5 Å². The SMILES string of the molecule is CC(=O)c1cc(OCc2ccccc2)cc2c1OCC(=O)N2. The predicted octanol–water partition coefficient (Wildman–Crippen LogP) is 2.80. The Labute approximate surface area is 127 Å². The van der Waals surface area contributed by atoms with Crippen LogP contribution in [0.25, 0.3) is 0 Å². The van der Waals surface area contributed by atoms with Gasteiger partial charge >= 0.3 is 0 Å². The lowest BCUT2D eigenvalue weighted by atomic mass is 10.1. The highest BCUT2D eigenvalue weighted by Crippen LogP contribution is 2.36. The van der Waals surface area contributed by atoms with E-state index in [4.69, 9.17) is 9.47 Å². The highest BCUT2D eigenvalue weighted by molar-refractivity contribution is 6.03. The van der Waals surface area contributed by atoms with Crippen LogP contribution >= 0.6 is 0 Å². The van der Waals surface area contributed by atoms with Gasteiger partial charge < -0.3 is 14.8 Å². The molecule has 0 aliphatic carbocycles. The summed E-state index contributed by atoms with van der Waals surface area (Å²) in [7, 11) is 0. The number of hydrogen-bond donors (Lipinski definition) is 1. The first kappa shape index (κ1) is 14.1. The molecule has 0 saturated carbocycles. The van der Waals surface area contributed by atoms with Crippen LogP contribution in [0.4, 0.5) is 5.69 Å². The number of amides is 1. The number of hydrogen-bond acceptors (Lipinski definition) is 4. The number of Topliss-reactive ketones (excluding diaryl/α,β-unsaturated/α-hetero) is 1. The molecule has 5 heteroatoms. The van der Waals surface area contributed by atoms with Gasteiger partial charge in [-0.15, -0.1) is 0 Å². The van der Waals surface area contributed by atoms with Gasteiger partial charge in [0.15, 0.2) is 18.1 Å². The zero-order chi connectivity index (χ0) is 15.5. The van der Waals surface area contributed by atoms with Crippen LogP contribution in [-0.2, 0) is 11.4 Å². The van der Waals surface area contributed by atoms with Gasteiger partial charge in [0.1, 0.15) is 12.4 Å². The van der Waals surface area contributed by atoms with Gasteiger partial charge in [0.05, 0.1) is 11.3 Å². The molecule has 3 rings (SSSR count). The summed E-state index contributed by atoms with van der Waals surface area (Å²) in [6.45, 7) is 1.75. The maximum atomic E-state index is 11.8. The summed E-state index contributed by atoms with van der Waals surface area (Å²) in [5, 5.41) is 2.70. The predicted molar refractivity (Wildman–Crippen MR) is 81.3 cm³/mol. The van der Waals surface area contributed by atoms with Gasteiger partial charge in [-0.2, -0.15) is 0 Å². The van der Waals surface area contributed by atoms with Crippen molar-refractivity contribution in [1.82, 2.24) is 0 Å². The van der Waals surface area contributed by atoms with Crippen LogP contribution in [0.2, 0.25) is 0 Å². The molecule has 0 unspecified atom stereocenters. The smallest absolute Gasteiger partial charge is 0.262 e. The van der Waals surface area contributed by atoms with Crippen molar-refractivity contribution in [2.75, 3.05) is 11.9 Å². The molecule has 0 saturated heterocycles. The van der Waals surface area contributed by atoms with Crippen molar-refractivity contribution in [3.63, 3.8) is 0 Å². The quantitative estimate of drug-likeness (QED) is 0.881. The zero-order valence-electron chi connectivity index (χ0n) is 12.1. The summed E-state index contributed by atoms with van der Waals surface area (Å²) in [5.41, 5.74) is 1.89. The Morgan fingerprint density at radius 2 is 2.05 bits per heavy atom. The second kappa shape index (κ2) is 5.89. The van der Waals surface area contributed by atoms with Crippen molar-refractivity contribution in [1.29, 1.82) is 0 Å². The molecule has 0 aromatic heterocycles. The molecule has 1 N–H and O–H groups in total. The van der Waals surface area contributed by atoms with Crippen LogP contribution in [0.3, 0.4) is 0 Å². The van der Waals surface area contributed by atoms with Gasteiger partial charge in [0.2, 0.25) is 0 Å². The molecule has 5 nitrogen and oxygen atoms in total. The minimum atomic E-state index is -0.248. The van der Waals surface area contributed by atoms with E-state index in [1.54, 1.807) is 12.1 Å². The highest BCUT2D eigenvalue weighted by atomic mass is 16.5. The van der Waals surface area contributed by atoms with E-state index in [1.807, 2.05) is 30.3 Å². The van der Waals surface area contributed by atoms with Crippen LogP contribution in [0, 0.1) is 0 Å². The molecule has 1 aliphatic heterocycles. The fourth-order valence-corrected chi connectivity index (χ4v) is 2.26. The van der Waals surface area contributed by atoms with Crippen molar-refractivity contribution in [2.24, 2.45) is 0 Å². The van der Waals surface area contributed by atoms with Crippen molar-refractivity contribution < 1.29 is 19.1 Å². The van der Waals surface area contributed by atoms with E-state index in [-0.39, 0.29) is 18.3 Å². The largest absolute Gasteiger partial charge is 0.489 e. The Morgan fingerprint density at radius 1 is 1.27 bits per heavy atom. The summed E-state index contributed by atoms with van der Waals surface area (Å²) in [4.78, 5) is 23.2. The Bertz CT molecular complexity index is 725. The summed E-state index contributed by atoms with van der Waals surface area (Å²) < 4.78 is 11.1. The number of anilines is 1. The number of fused-ring (bicyclic) bond motifs is 1. The molecule has 1 aliphatic rings. The van der Waals surface area contributed by atoms with E-state index >= 15 is 0 Å². The second-order valence-electron chi connectivity index (χ2n) is 5.01. The van der Waals surface area contributed by atoms with E-state index in [0.29, 0.717) is 29.4 Å². The molecule has 0 bridgehead atoms. The zero-order valence-corrected chi connectivity index (χ0v) is 12.1. The molecule has 1 amide bonds. The number of ketones is 1. The van der Waals surface area contributed by atoms with Gasteiger partial charge in [0.25, 0.3) is 5.91 Å². The number of ether oxygens (including phenoxy) is 2. The standard InChI is InChI=1S/C17H15NO4/c1-11(19)14-7-13(21-9-12-5-3-2-4-6-12)8-15-17(14)22-10-16(20)18-15/h2-8H,9-10H2,1H3,(H,18,20). The average molecular weight is 297 g/mol. The molecule has 22 heavy (non-hydrogen) atoms. The average Bonchev–Trinajstić information content (AvgIpc) is 2.52. The number of nitrogens with one attached hydrogen (secondary N) is 1. The lowest BCUT2D eigenvalue weighted by Crippen LogP contribution is -2.26. The van der Waals surface area contributed by atoms with Crippen molar-refractivity contribution >= 4 is 17.4 Å². The third kappa shape index (κ3) is 2.93. The molecule has 0 atom stereocenters. The molecule has 112 valence electrons.